The fourth-order valence-electron chi connectivity index (χ4n) is 1.60. The van der Waals surface area contributed by atoms with E-state index in [-0.39, 0.29) is 23.1 Å². The van der Waals surface area contributed by atoms with Crippen LogP contribution in [0.1, 0.15) is 40.3 Å². The van der Waals surface area contributed by atoms with Crippen molar-refractivity contribution in [2.75, 3.05) is 11.9 Å². The molecule has 0 aliphatic carbocycles. The smallest absolute Gasteiger partial charge is 0.408 e. The number of alkyl carbamates (subject to hydrolysis) is 1. The predicted octanol–water partition coefficient (Wildman–Crippen LogP) is 1.74. The number of hydrogen-bond acceptors (Lipinski definition) is 9. The number of thiazole rings is 1. The highest BCUT2D eigenvalue weighted by atomic mass is 32.1. The maximum atomic E-state index is 12.1. The van der Waals surface area contributed by atoms with Crippen LogP contribution in [0.15, 0.2) is 10.5 Å². The van der Waals surface area contributed by atoms with Gasteiger partial charge in [-0.05, 0) is 34.6 Å². The summed E-state index contributed by atoms with van der Waals surface area (Å²) in [6.07, 6.45) is -0.725. The Kier molecular flexibility index (Phi) is 7.50. The van der Waals surface area contributed by atoms with Crippen LogP contribution in [0.2, 0.25) is 0 Å². The first-order valence-electron chi connectivity index (χ1n) is 7.72. The van der Waals surface area contributed by atoms with Crippen molar-refractivity contribution < 1.29 is 29.1 Å². The lowest BCUT2D eigenvalue weighted by Crippen LogP contribution is -2.43. The van der Waals surface area contributed by atoms with Crippen LogP contribution in [-0.4, -0.2) is 52.1 Å². The van der Waals surface area contributed by atoms with Crippen molar-refractivity contribution in [2.24, 2.45) is 5.16 Å². The van der Waals surface area contributed by atoms with Gasteiger partial charge in [-0.25, -0.2) is 14.6 Å². The molecule has 144 valence electrons. The molecule has 1 atom stereocenters. The van der Waals surface area contributed by atoms with E-state index in [4.69, 9.17) is 14.7 Å². The van der Waals surface area contributed by atoms with E-state index in [1.54, 1.807) is 27.7 Å². The Balaban J connectivity index is 2.69. The van der Waals surface area contributed by atoms with Gasteiger partial charge in [-0.15, -0.1) is 11.3 Å². The molecule has 1 heterocycles. The van der Waals surface area contributed by atoms with Gasteiger partial charge >= 0.3 is 12.1 Å². The maximum Gasteiger partial charge on any atom is 0.408 e. The Hall–Kier alpha value is -2.69. The van der Waals surface area contributed by atoms with Crippen molar-refractivity contribution in [3.8, 4) is 0 Å². The Morgan fingerprint density at radius 3 is 2.58 bits per heavy atom. The number of hydrogen-bond donors (Lipinski definition) is 3. The first kappa shape index (κ1) is 21.4. The van der Waals surface area contributed by atoms with Crippen LogP contribution in [-0.2, 0) is 19.1 Å². The summed E-state index contributed by atoms with van der Waals surface area (Å²) in [5.74, 6) is -1.37. The van der Waals surface area contributed by atoms with Gasteiger partial charge in [0.1, 0.15) is 17.3 Å². The molecule has 0 aromatic carbocycles. The quantitative estimate of drug-likeness (QED) is 0.293. The minimum absolute atomic E-state index is 0.0546. The summed E-state index contributed by atoms with van der Waals surface area (Å²) < 4.78 is 9.82. The Labute approximate surface area is 154 Å². The number of oxime groups is 1. The highest BCUT2D eigenvalue weighted by Crippen LogP contribution is 2.17. The zero-order valence-corrected chi connectivity index (χ0v) is 16.0. The molecule has 0 radical (unpaired) electrons. The summed E-state index contributed by atoms with van der Waals surface area (Å²) in [5.41, 5.74) is -1.00. The van der Waals surface area contributed by atoms with E-state index in [1.165, 1.54) is 12.3 Å². The minimum Gasteiger partial charge on any atom is -0.461 e. The van der Waals surface area contributed by atoms with Crippen molar-refractivity contribution in [1.82, 2.24) is 10.3 Å². The van der Waals surface area contributed by atoms with E-state index < -0.39 is 29.6 Å². The molecule has 0 spiro atoms. The van der Waals surface area contributed by atoms with E-state index in [9.17, 15) is 14.4 Å². The zero-order chi connectivity index (χ0) is 19.9. The number of ether oxygens (including phenoxy) is 2. The standard InChI is InChI=1S/C15H22N4O6S/c1-6-24-12(21)10(19-23)9-7-26-13(17-9)18-11(20)8(2)16-14(22)25-15(3,4)5/h7-8,23H,6H2,1-5H3,(H,16,22)(H,17,18,20)/b19-10-/t8-/m0/s1. The average molecular weight is 386 g/mol. The van der Waals surface area contributed by atoms with Gasteiger partial charge in [-0.2, -0.15) is 0 Å². The van der Waals surface area contributed by atoms with Crippen LogP contribution in [0.3, 0.4) is 0 Å². The third-order valence-electron chi connectivity index (χ3n) is 2.67. The normalized spacial score (nSPS) is 12.9. The molecule has 1 aromatic rings. The lowest BCUT2D eigenvalue weighted by Gasteiger charge is -2.21. The zero-order valence-electron chi connectivity index (χ0n) is 15.2. The van der Waals surface area contributed by atoms with Crippen LogP contribution in [0.25, 0.3) is 0 Å². The monoisotopic (exact) mass is 386 g/mol. The van der Waals surface area contributed by atoms with Gasteiger partial charge in [0, 0.05) is 5.38 Å². The molecule has 1 rings (SSSR count). The average Bonchev–Trinajstić information content (AvgIpc) is 2.94. The molecule has 0 fully saturated rings. The van der Waals surface area contributed by atoms with Crippen molar-refractivity contribution in [3.63, 3.8) is 0 Å². The summed E-state index contributed by atoms with van der Waals surface area (Å²) in [4.78, 5) is 39.4. The molecule has 2 amide bonds. The summed E-state index contributed by atoms with van der Waals surface area (Å²) in [6, 6.07) is -0.881. The molecule has 0 bridgehead atoms. The maximum absolute atomic E-state index is 12.1. The molecule has 0 unspecified atom stereocenters. The van der Waals surface area contributed by atoms with Crippen LogP contribution >= 0.6 is 11.3 Å². The number of aromatic nitrogens is 1. The van der Waals surface area contributed by atoms with Crippen LogP contribution in [0, 0.1) is 0 Å². The first-order chi connectivity index (χ1) is 12.1. The highest BCUT2D eigenvalue weighted by Gasteiger charge is 2.23. The third kappa shape index (κ3) is 6.67. The predicted molar refractivity (Wildman–Crippen MR) is 94.5 cm³/mol. The van der Waals surface area contributed by atoms with Gasteiger partial charge in [0.25, 0.3) is 0 Å². The number of esters is 1. The second-order valence-electron chi connectivity index (χ2n) is 6.06. The van der Waals surface area contributed by atoms with E-state index in [0.29, 0.717) is 0 Å². The van der Waals surface area contributed by atoms with E-state index in [2.05, 4.69) is 20.8 Å². The second-order valence-corrected chi connectivity index (χ2v) is 6.92. The first-order valence-corrected chi connectivity index (χ1v) is 8.60. The summed E-state index contributed by atoms with van der Waals surface area (Å²) >= 11 is 1.02. The largest absolute Gasteiger partial charge is 0.461 e. The molecule has 0 saturated carbocycles. The van der Waals surface area contributed by atoms with Crippen molar-refractivity contribution >= 4 is 40.1 Å². The van der Waals surface area contributed by atoms with Crippen molar-refractivity contribution in [2.45, 2.75) is 46.3 Å². The van der Waals surface area contributed by atoms with Gasteiger partial charge in [-0.3, -0.25) is 4.79 Å². The lowest BCUT2D eigenvalue weighted by molar-refractivity contribution is -0.135. The molecule has 11 heteroatoms. The van der Waals surface area contributed by atoms with Crippen LogP contribution in [0.4, 0.5) is 9.93 Å². The summed E-state index contributed by atoms with van der Waals surface area (Å²) in [7, 11) is 0. The molecule has 1 aromatic heterocycles. The van der Waals surface area contributed by atoms with Gasteiger partial charge < -0.3 is 25.3 Å². The highest BCUT2D eigenvalue weighted by molar-refractivity contribution is 7.14. The fraction of sp³-hybridized carbons (Fsp3) is 0.533. The minimum atomic E-state index is -0.881. The lowest BCUT2D eigenvalue weighted by atomic mass is 10.2. The van der Waals surface area contributed by atoms with E-state index in [1.807, 2.05) is 0 Å². The van der Waals surface area contributed by atoms with Crippen LogP contribution < -0.4 is 10.6 Å². The fourth-order valence-corrected chi connectivity index (χ4v) is 2.30. The van der Waals surface area contributed by atoms with Gasteiger partial charge in [0.2, 0.25) is 11.6 Å². The van der Waals surface area contributed by atoms with Crippen molar-refractivity contribution in [3.05, 3.63) is 11.1 Å². The van der Waals surface area contributed by atoms with Gasteiger partial charge in [0.05, 0.1) is 6.61 Å². The number of carbonyl (C=O) groups excluding carboxylic acids is 3. The molecular weight excluding hydrogens is 364 g/mol. The number of carbonyl (C=O) groups is 3. The number of anilines is 1. The number of nitrogens with zero attached hydrogens (tertiary/aromatic N) is 2. The van der Waals surface area contributed by atoms with E-state index in [0.717, 1.165) is 11.3 Å². The molecule has 0 saturated heterocycles. The Morgan fingerprint density at radius 1 is 1.38 bits per heavy atom. The molecule has 3 N–H and O–H groups in total. The Bertz CT molecular complexity index is 695. The van der Waals surface area contributed by atoms with Crippen molar-refractivity contribution in [1.29, 1.82) is 0 Å². The Morgan fingerprint density at radius 2 is 2.04 bits per heavy atom. The topological polar surface area (TPSA) is 139 Å². The number of rotatable bonds is 6. The number of nitrogens with one attached hydrogen (secondary N) is 2. The van der Waals surface area contributed by atoms with E-state index >= 15 is 0 Å². The number of amides is 2. The second kappa shape index (κ2) is 9.13. The third-order valence-corrected chi connectivity index (χ3v) is 3.43. The summed E-state index contributed by atoms with van der Waals surface area (Å²) in [6.45, 7) is 8.32. The van der Waals surface area contributed by atoms with Crippen LogP contribution in [0.5, 0.6) is 0 Å². The summed E-state index contributed by atoms with van der Waals surface area (Å²) in [5, 5.41) is 18.3. The molecule has 10 nitrogen and oxygen atoms in total. The van der Waals surface area contributed by atoms with Gasteiger partial charge in [-0.1, -0.05) is 5.16 Å². The molecule has 0 aliphatic rings. The molecule has 0 aliphatic heterocycles. The molecule has 26 heavy (non-hydrogen) atoms. The SMILES string of the molecule is CCOC(=O)/C(=N\O)c1csc(NC(=O)[C@H](C)NC(=O)OC(C)(C)C)n1. The van der Waals surface area contributed by atoms with Gasteiger partial charge in [0.15, 0.2) is 5.13 Å². The molecular formula is C15H22N4O6S.